The molecule has 0 N–H and O–H groups in total. The van der Waals surface area contributed by atoms with Crippen molar-refractivity contribution in [3.8, 4) is 11.1 Å². The summed E-state index contributed by atoms with van der Waals surface area (Å²) in [5.41, 5.74) is 11.5. The summed E-state index contributed by atoms with van der Waals surface area (Å²) >= 11 is -0.868. The van der Waals surface area contributed by atoms with Crippen molar-refractivity contribution in [2.24, 2.45) is 0 Å². The zero-order valence-electron chi connectivity index (χ0n) is 22.1. The van der Waals surface area contributed by atoms with Crippen molar-refractivity contribution in [3.63, 3.8) is 0 Å². The van der Waals surface area contributed by atoms with Gasteiger partial charge >= 0.3 is 232 Å². The second kappa shape index (κ2) is 12.9. The fourth-order valence-electron chi connectivity index (χ4n) is 7.57. The first-order valence-corrected chi connectivity index (χ1v) is 18.6. The molecule has 1 atom stereocenters. The molecule has 0 aromatic heterocycles. The van der Waals surface area contributed by atoms with Gasteiger partial charge in [0.05, 0.1) is 0 Å². The summed E-state index contributed by atoms with van der Waals surface area (Å²) < 4.78 is 2.51. The molecule has 0 bridgehead atoms. The minimum absolute atomic E-state index is 0. The molecule has 38 heavy (non-hydrogen) atoms. The molecule has 0 saturated heterocycles. The third kappa shape index (κ3) is 5.45. The molecule has 2 saturated carbocycles. The third-order valence-electron chi connectivity index (χ3n) is 9.29. The normalized spacial score (nSPS) is 20.4. The van der Waals surface area contributed by atoms with E-state index in [0.29, 0.717) is 0 Å². The number of benzene rings is 3. The van der Waals surface area contributed by atoms with E-state index in [0.717, 1.165) is 21.4 Å². The van der Waals surface area contributed by atoms with Gasteiger partial charge in [-0.1, -0.05) is 0 Å². The van der Waals surface area contributed by atoms with Gasteiger partial charge in [0, 0.05) is 0 Å². The van der Waals surface area contributed by atoms with E-state index in [9.17, 15) is 0 Å². The largest absolute Gasteiger partial charge is 1.00 e. The quantitative estimate of drug-likeness (QED) is 0.295. The number of rotatable bonds is 5. The maximum Gasteiger partial charge on any atom is -1.00 e. The van der Waals surface area contributed by atoms with Gasteiger partial charge in [-0.15, -0.1) is 0 Å². The fraction of sp³-hybridized carbons (Fsp3) is 0.412. The van der Waals surface area contributed by atoms with Crippen LogP contribution >= 0.6 is 7.92 Å². The number of halogens is 2. The molecule has 196 valence electrons. The summed E-state index contributed by atoms with van der Waals surface area (Å²) in [6, 6.07) is 25.9. The predicted octanol–water partition coefficient (Wildman–Crippen LogP) is 3.22. The molecule has 3 aromatic carbocycles. The Morgan fingerprint density at radius 1 is 0.632 bits per heavy atom. The van der Waals surface area contributed by atoms with Crippen molar-refractivity contribution in [1.82, 2.24) is 0 Å². The molecule has 0 amide bonds. The van der Waals surface area contributed by atoms with E-state index in [-0.39, 0.29) is 32.7 Å². The van der Waals surface area contributed by atoms with Gasteiger partial charge in [0.15, 0.2) is 0 Å². The van der Waals surface area contributed by atoms with Crippen LogP contribution in [0, 0.1) is 0 Å². The fourth-order valence-corrected chi connectivity index (χ4v) is 16.9. The smallest absolute Gasteiger partial charge is 1.00 e. The molecule has 4 aliphatic carbocycles. The molecule has 2 fully saturated rings. The van der Waals surface area contributed by atoms with E-state index >= 15 is 0 Å². The van der Waals surface area contributed by atoms with Gasteiger partial charge in [-0.05, 0) is 0 Å². The van der Waals surface area contributed by atoms with Gasteiger partial charge in [0.2, 0.25) is 0 Å². The number of hydrogen-bond acceptors (Lipinski definition) is 0. The van der Waals surface area contributed by atoms with E-state index in [2.05, 4.69) is 72.8 Å². The topological polar surface area (TPSA) is 0 Å². The average Bonchev–Trinajstić information content (AvgIpc) is 3.49. The maximum absolute atomic E-state index is 2.74. The van der Waals surface area contributed by atoms with Crippen molar-refractivity contribution in [2.75, 3.05) is 0 Å². The molecule has 0 heterocycles. The van der Waals surface area contributed by atoms with E-state index in [4.69, 9.17) is 0 Å². The molecular weight excluding hydrogens is 601 g/mol. The van der Waals surface area contributed by atoms with Crippen LogP contribution in [0.1, 0.15) is 90.1 Å². The first-order valence-electron chi connectivity index (χ1n) is 14.4. The minimum Gasteiger partial charge on any atom is -1.00 e. The van der Waals surface area contributed by atoms with Gasteiger partial charge in [-0.25, -0.2) is 0 Å². The minimum atomic E-state index is -0.868. The second-order valence-corrected chi connectivity index (χ2v) is 17.7. The Kier molecular flexibility index (Phi) is 9.75. The third-order valence-corrected chi connectivity index (χ3v) is 17.6. The molecule has 4 aliphatic rings. The molecule has 0 spiro atoms. The Morgan fingerprint density at radius 2 is 1.26 bits per heavy atom. The van der Waals surface area contributed by atoms with Crippen LogP contribution < -0.4 is 28.1 Å². The average molecular weight is 639 g/mol. The Hall–Kier alpha value is -0.707. The zero-order valence-corrected chi connectivity index (χ0v) is 27.0. The van der Waals surface area contributed by atoms with Crippen LogP contribution in [0.4, 0.5) is 0 Å². The van der Waals surface area contributed by atoms with Gasteiger partial charge in [-0.2, -0.15) is 0 Å². The molecule has 4 heteroatoms. The van der Waals surface area contributed by atoms with Crippen LogP contribution in [0.15, 0.2) is 72.0 Å². The monoisotopic (exact) mass is 636 g/mol. The SMILES string of the molecule is C1=C(P(C2CCCCC2)C2CCCCC2)[CH]([Zr+2][c]2cccc3c2Cc2ccccc2-3)c2ccccc21.[Cl-].[Cl-]. The Balaban J connectivity index is 0.00000147. The van der Waals surface area contributed by atoms with Gasteiger partial charge in [-0.3, -0.25) is 0 Å². The van der Waals surface area contributed by atoms with Gasteiger partial charge < -0.3 is 24.8 Å². The van der Waals surface area contributed by atoms with Crippen LogP contribution in [0.3, 0.4) is 0 Å². The summed E-state index contributed by atoms with van der Waals surface area (Å²) in [7, 11) is -0.0289. The van der Waals surface area contributed by atoms with Crippen molar-refractivity contribution < 1.29 is 48.0 Å². The Labute approximate surface area is 254 Å². The summed E-state index contributed by atoms with van der Waals surface area (Å²) in [6.45, 7) is 0. The maximum atomic E-state index is 2.74. The van der Waals surface area contributed by atoms with Crippen molar-refractivity contribution in [1.29, 1.82) is 0 Å². The van der Waals surface area contributed by atoms with Crippen molar-refractivity contribution in [2.45, 2.75) is 85.6 Å². The molecule has 0 radical (unpaired) electrons. The Bertz CT molecular complexity index is 1270. The first-order chi connectivity index (χ1) is 17.9. The molecule has 0 aliphatic heterocycles. The van der Waals surface area contributed by atoms with Gasteiger partial charge in [0.1, 0.15) is 0 Å². The summed E-state index contributed by atoms with van der Waals surface area (Å²) in [5, 5.41) is 1.95. The van der Waals surface area contributed by atoms with Crippen LogP contribution in [-0.4, -0.2) is 11.3 Å². The summed E-state index contributed by atoms with van der Waals surface area (Å²) in [4.78, 5) is 0. The van der Waals surface area contributed by atoms with Crippen molar-refractivity contribution in [3.05, 3.63) is 94.3 Å². The molecular formula is C34H37Cl2PZr. The summed E-state index contributed by atoms with van der Waals surface area (Å²) in [5.74, 6) is 0. The van der Waals surface area contributed by atoms with Crippen molar-refractivity contribution >= 4 is 17.3 Å². The van der Waals surface area contributed by atoms with Crippen LogP contribution in [0.2, 0.25) is 0 Å². The van der Waals surface area contributed by atoms with E-state index in [1.165, 1.54) is 80.9 Å². The standard InChI is InChI=1S/C21H28P.C13H9.2ClH.Zr/c1-3-11-19(12-4-1)22(20-13-5-2-6-14-20)21-15-17-9-7-8-10-18(17)16-21;1-3-7-12-10(5-1)9-11-6-2-4-8-13(11)12;;;/h7-10,15-16,19-20H,1-6,11-14H2;1-5,7-8H,9H2;2*1H;/q;;;;+2/p-2. The number of fused-ring (bicyclic) bond motifs is 4. The second-order valence-electron chi connectivity index (χ2n) is 11.4. The van der Waals surface area contributed by atoms with Crippen LogP contribution in [-0.2, 0) is 29.7 Å². The van der Waals surface area contributed by atoms with Crippen LogP contribution in [0.25, 0.3) is 17.2 Å². The van der Waals surface area contributed by atoms with E-state index in [1.807, 2.05) is 5.31 Å². The van der Waals surface area contributed by atoms with E-state index in [1.54, 1.807) is 20.0 Å². The molecule has 1 unspecified atom stereocenters. The Morgan fingerprint density at radius 3 is 2.00 bits per heavy atom. The van der Waals surface area contributed by atoms with Crippen LogP contribution in [0.5, 0.6) is 0 Å². The van der Waals surface area contributed by atoms with Gasteiger partial charge in [0.25, 0.3) is 0 Å². The molecule has 0 nitrogen and oxygen atoms in total. The number of hydrogen-bond donors (Lipinski definition) is 0. The number of allylic oxidation sites excluding steroid dienone is 1. The van der Waals surface area contributed by atoms with E-state index < -0.39 is 23.2 Å². The first kappa shape index (κ1) is 28.8. The zero-order chi connectivity index (χ0) is 23.9. The summed E-state index contributed by atoms with van der Waals surface area (Å²) in [6.07, 6.45) is 18.8. The molecule has 3 aromatic rings. The predicted molar refractivity (Wildman–Crippen MR) is 152 cm³/mol. The molecule has 7 rings (SSSR count).